The van der Waals surface area contributed by atoms with Crippen LogP contribution in [0, 0.1) is 49.4 Å². The number of benzene rings is 1. The van der Waals surface area contributed by atoms with Crippen LogP contribution in [0.3, 0.4) is 0 Å². The molecule has 0 amide bonds. The first-order chi connectivity index (χ1) is 22.4. The molecule has 1 aliphatic rings. The molecule has 1 saturated heterocycles. The van der Waals surface area contributed by atoms with Gasteiger partial charge in [-0.1, -0.05) is 12.1 Å². The number of carboxylic acid groups (broad SMARTS) is 4. The molecule has 2 aromatic heterocycles. The van der Waals surface area contributed by atoms with Crippen LogP contribution in [0.25, 0.3) is 22.1 Å². The third-order valence-corrected chi connectivity index (χ3v) is 8.55. The van der Waals surface area contributed by atoms with E-state index in [-0.39, 0.29) is 141 Å². The van der Waals surface area contributed by atoms with Crippen molar-refractivity contribution in [2.24, 2.45) is 0 Å². The molecule has 1 aromatic carbocycles. The van der Waals surface area contributed by atoms with E-state index in [1.165, 1.54) is 0 Å². The molecule has 1 fully saturated rings. The number of aromatic nitrogens is 1. The van der Waals surface area contributed by atoms with E-state index in [0.29, 0.717) is 61.3 Å². The van der Waals surface area contributed by atoms with Gasteiger partial charge in [-0.3, -0.25) is 38.7 Å². The van der Waals surface area contributed by atoms with E-state index in [9.17, 15) is 44.4 Å². The molecule has 2 unspecified atom stereocenters. The second-order valence-electron chi connectivity index (χ2n) is 11.8. The Hall–Kier alpha value is -1.90. The van der Waals surface area contributed by atoms with Gasteiger partial charge >= 0.3 is 53.4 Å². The smallest absolute Gasteiger partial charge is 0.481 e. The number of carbonyl (C=O) groups is 4. The topological polar surface area (TPSA) is 237 Å². The number of aliphatic carboxylic acids is 4. The van der Waals surface area contributed by atoms with Gasteiger partial charge in [-0.2, -0.15) is 0 Å². The summed E-state index contributed by atoms with van der Waals surface area (Å²) in [6, 6.07) is 8.21. The second-order valence-corrected chi connectivity index (χ2v) is 11.8. The van der Waals surface area contributed by atoms with Crippen LogP contribution in [0.4, 0.5) is 0 Å². The van der Waals surface area contributed by atoms with Crippen molar-refractivity contribution in [2.75, 3.05) is 59.4 Å². The minimum absolute atomic E-state index is 0. The van der Waals surface area contributed by atoms with Gasteiger partial charge in [-0.15, -0.1) is 0 Å². The predicted octanol–water partition coefficient (Wildman–Crippen LogP) is -2.49. The fourth-order valence-electron chi connectivity index (χ4n) is 5.85. The number of rotatable bonds is 12. The van der Waals surface area contributed by atoms with Crippen molar-refractivity contribution in [3.05, 3.63) is 52.3 Å². The average Bonchev–Trinajstić information content (AvgIpc) is 3.01. The monoisotopic (exact) mass is 849 g/mol. The maximum atomic E-state index is 13.0. The minimum Gasteiger partial charge on any atom is -0.481 e. The summed E-state index contributed by atoms with van der Waals surface area (Å²) in [5, 5.41) is 39.3. The third-order valence-electron chi connectivity index (χ3n) is 8.55. The standard InChI is InChI=1S/C32H41N5O10.Eu.Na.H2O/c1-34-12-16-36(24(31(43)44)8-10-27(38)39)18-14-35(15-19-37(17-13-34)25(32(45)46)9-11-28(40)41)20-21-6-7-23-29(42)22-4-2-3-5-26(22)47-30(23)33-21;;;/h2-7,24-25H,8-20H2,1H3,(H,38,39)(H,40,41)(H,43,44)(H,45,46);;;1H2/q;;+1;. The van der Waals surface area contributed by atoms with E-state index in [1.807, 2.05) is 16.8 Å². The van der Waals surface area contributed by atoms with Gasteiger partial charge in [0.1, 0.15) is 17.7 Å². The molecule has 18 heteroatoms. The number of likely N-dealkylation sites (N-methyl/N-ethyl adjacent to an activating group) is 1. The van der Waals surface area contributed by atoms with E-state index in [1.54, 1.807) is 46.2 Å². The molecular formula is C32H43EuN5NaO11+. The van der Waals surface area contributed by atoms with Crippen LogP contribution in [0.2, 0.25) is 0 Å². The minimum atomic E-state index is -1.11. The molecule has 0 spiro atoms. The second kappa shape index (κ2) is 22.2. The molecule has 6 N–H and O–H groups in total. The Kier molecular flexibility index (Phi) is 20.5. The van der Waals surface area contributed by atoms with Crippen molar-refractivity contribution < 1.29 is 128 Å². The molecule has 269 valence electrons. The molecule has 0 saturated carbocycles. The zero-order valence-electron chi connectivity index (χ0n) is 28.2. The molecule has 3 heterocycles. The number of para-hydroxylation sites is 1. The van der Waals surface area contributed by atoms with Crippen molar-refractivity contribution in [1.29, 1.82) is 0 Å². The Morgan fingerprint density at radius 3 is 1.76 bits per heavy atom. The van der Waals surface area contributed by atoms with Crippen LogP contribution in [0.15, 0.2) is 45.6 Å². The average molecular weight is 849 g/mol. The first-order valence-electron chi connectivity index (χ1n) is 15.5. The van der Waals surface area contributed by atoms with Gasteiger partial charge in [0.25, 0.3) is 0 Å². The Bertz CT molecular complexity index is 1610. The van der Waals surface area contributed by atoms with Crippen molar-refractivity contribution in [3.63, 3.8) is 0 Å². The SMILES string of the molecule is CN1CCN(C(CCC(=O)O)C(=O)O)CCN(Cc2ccc3c(=O)c4ccccc4oc3n2)CCN(C(CCC(=O)O)C(=O)O)CC1.O.[Eu].[Na+]. The van der Waals surface area contributed by atoms with Gasteiger partial charge in [-0.05, 0) is 44.2 Å². The first kappa shape index (κ1) is 46.1. The normalized spacial score (nSPS) is 16.8. The Labute approximate surface area is 351 Å². The number of fused-ring (bicyclic) bond motifs is 2. The molecule has 1 aliphatic heterocycles. The summed E-state index contributed by atoms with van der Waals surface area (Å²) in [5.74, 6) is -4.39. The summed E-state index contributed by atoms with van der Waals surface area (Å²) in [7, 11) is 1.83. The Morgan fingerprint density at radius 2 is 1.26 bits per heavy atom. The van der Waals surface area contributed by atoms with E-state index >= 15 is 0 Å². The maximum Gasteiger partial charge on any atom is 1.00 e. The molecule has 50 heavy (non-hydrogen) atoms. The molecule has 0 aliphatic carbocycles. The van der Waals surface area contributed by atoms with E-state index in [2.05, 4.69) is 4.98 Å². The quantitative estimate of drug-likeness (QED) is 0.109. The molecule has 16 nitrogen and oxygen atoms in total. The number of nitrogens with zero attached hydrogens (tertiary/aromatic N) is 5. The largest absolute Gasteiger partial charge is 1.00 e. The summed E-state index contributed by atoms with van der Waals surface area (Å²) in [4.78, 5) is 72.2. The van der Waals surface area contributed by atoms with Gasteiger partial charge in [0, 0.05) is 121 Å². The van der Waals surface area contributed by atoms with Crippen LogP contribution in [0.5, 0.6) is 0 Å². The molecule has 4 rings (SSSR count). The number of carboxylic acids is 4. The van der Waals surface area contributed by atoms with E-state index in [4.69, 9.17) is 4.42 Å². The van der Waals surface area contributed by atoms with Gasteiger partial charge in [0.05, 0.1) is 16.5 Å². The van der Waals surface area contributed by atoms with Crippen molar-refractivity contribution in [3.8, 4) is 0 Å². The summed E-state index contributed by atoms with van der Waals surface area (Å²) in [5.41, 5.74) is 0.943. The molecule has 2 atom stereocenters. The number of hydrogen-bond acceptors (Lipinski definition) is 11. The molecule has 3 aromatic rings. The fourth-order valence-corrected chi connectivity index (χ4v) is 5.85. The molecule has 1 radical (unpaired) electrons. The van der Waals surface area contributed by atoms with Gasteiger partial charge in [-0.25, -0.2) is 4.98 Å². The third kappa shape index (κ3) is 13.3. The zero-order valence-corrected chi connectivity index (χ0v) is 32.6. The molecular weight excluding hydrogens is 805 g/mol. The van der Waals surface area contributed by atoms with Crippen molar-refractivity contribution >= 4 is 45.9 Å². The van der Waals surface area contributed by atoms with Crippen LogP contribution >= 0.6 is 0 Å². The summed E-state index contributed by atoms with van der Waals surface area (Å²) >= 11 is 0. The van der Waals surface area contributed by atoms with Crippen LogP contribution < -0.4 is 35.0 Å². The van der Waals surface area contributed by atoms with Crippen molar-refractivity contribution in [1.82, 2.24) is 24.6 Å². The van der Waals surface area contributed by atoms with Crippen LogP contribution in [0.1, 0.15) is 31.4 Å². The van der Waals surface area contributed by atoms with Crippen molar-refractivity contribution in [2.45, 2.75) is 44.3 Å². The van der Waals surface area contributed by atoms with E-state index in [0.717, 1.165) is 0 Å². The van der Waals surface area contributed by atoms with Gasteiger partial charge in [0.2, 0.25) is 11.1 Å². The fraction of sp³-hybridized carbons (Fsp3) is 0.500. The summed E-state index contributed by atoms with van der Waals surface area (Å²) < 4.78 is 5.94. The van der Waals surface area contributed by atoms with Gasteiger partial charge in [0.15, 0.2) is 0 Å². The zero-order chi connectivity index (χ0) is 34.1. The first-order valence-corrected chi connectivity index (χ1v) is 15.5. The van der Waals surface area contributed by atoms with Crippen LogP contribution in [-0.2, 0) is 25.7 Å². The Morgan fingerprint density at radius 1 is 0.760 bits per heavy atom. The van der Waals surface area contributed by atoms with E-state index < -0.39 is 36.0 Å². The maximum absolute atomic E-state index is 13.0. The number of hydrogen-bond donors (Lipinski definition) is 4. The summed E-state index contributed by atoms with van der Waals surface area (Å²) in [6.07, 6.45) is -0.720. The van der Waals surface area contributed by atoms with Gasteiger partial charge < -0.3 is 35.2 Å². The predicted molar refractivity (Wildman–Crippen MR) is 174 cm³/mol. The number of pyridine rings is 1. The van der Waals surface area contributed by atoms with Crippen LogP contribution in [-0.4, -0.2) is 146 Å². The Balaban J connectivity index is 0.00000417. The molecule has 0 bridgehead atoms. The summed E-state index contributed by atoms with van der Waals surface area (Å²) in [6.45, 7) is 3.02.